The van der Waals surface area contributed by atoms with Gasteiger partial charge in [0.05, 0.1) is 6.54 Å². The first-order chi connectivity index (χ1) is 9.47. The number of nitrogens with two attached hydrogens (primary N) is 1. The number of carbonyl (C=O) groups excluding carboxylic acids is 1. The topological polar surface area (TPSA) is 58.4 Å². The summed E-state index contributed by atoms with van der Waals surface area (Å²) in [7, 11) is 0. The maximum Gasteiger partial charge on any atom is 0.238 e. The molecule has 1 fully saturated rings. The van der Waals surface area contributed by atoms with E-state index < -0.39 is 0 Å². The molecule has 0 spiro atoms. The minimum absolute atomic E-state index is 0.0360. The average molecular weight is 275 g/mol. The zero-order valence-electron chi connectivity index (χ0n) is 12.6. The van der Waals surface area contributed by atoms with Gasteiger partial charge in [-0.25, -0.2) is 0 Å². The van der Waals surface area contributed by atoms with Gasteiger partial charge in [-0.2, -0.15) is 0 Å². The lowest BCUT2D eigenvalue weighted by Gasteiger charge is -2.38. The number of hydrogen-bond acceptors (Lipinski definition) is 3. The van der Waals surface area contributed by atoms with Crippen molar-refractivity contribution in [3.8, 4) is 0 Å². The molecule has 1 saturated heterocycles. The number of nitrogens with one attached hydrogen (secondary N) is 1. The second kappa shape index (κ2) is 6.27. The first kappa shape index (κ1) is 14.9. The quantitative estimate of drug-likeness (QED) is 0.834. The molecule has 0 saturated carbocycles. The number of hydrogen-bond donors (Lipinski definition) is 2. The highest BCUT2D eigenvalue weighted by Gasteiger charge is 2.26. The molecule has 0 radical (unpaired) electrons. The molecular weight excluding hydrogens is 250 g/mol. The van der Waals surface area contributed by atoms with E-state index in [4.69, 9.17) is 5.73 Å². The van der Waals surface area contributed by atoms with E-state index in [1.54, 1.807) is 0 Å². The summed E-state index contributed by atoms with van der Waals surface area (Å²) in [5.41, 5.74) is 8.38. The first-order valence-electron chi connectivity index (χ1n) is 7.39. The number of anilines is 2. The van der Waals surface area contributed by atoms with Crippen LogP contribution in [0.25, 0.3) is 0 Å². The third-order valence-corrected chi connectivity index (χ3v) is 4.27. The van der Waals surface area contributed by atoms with E-state index in [0.717, 1.165) is 11.3 Å². The molecule has 1 aromatic carbocycles. The van der Waals surface area contributed by atoms with Gasteiger partial charge in [0.15, 0.2) is 0 Å². The van der Waals surface area contributed by atoms with Gasteiger partial charge in [-0.1, -0.05) is 12.5 Å². The molecule has 4 heteroatoms. The summed E-state index contributed by atoms with van der Waals surface area (Å²) in [5.74, 6) is 0.0360. The van der Waals surface area contributed by atoms with E-state index in [-0.39, 0.29) is 5.91 Å². The Kier molecular flexibility index (Phi) is 4.65. The number of likely N-dealkylation sites (tertiary alicyclic amines) is 1. The van der Waals surface area contributed by atoms with E-state index in [2.05, 4.69) is 24.1 Å². The minimum Gasteiger partial charge on any atom is -0.398 e. The van der Waals surface area contributed by atoms with Crippen molar-refractivity contribution in [2.24, 2.45) is 0 Å². The third kappa shape index (κ3) is 3.51. The predicted octanol–water partition coefficient (Wildman–Crippen LogP) is 2.78. The fourth-order valence-corrected chi connectivity index (χ4v) is 2.87. The van der Waals surface area contributed by atoms with Crippen molar-refractivity contribution >= 4 is 17.3 Å². The number of nitrogen functional groups attached to an aromatic ring is 1. The summed E-state index contributed by atoms with van der Waals surface area (Å²) < 4.78 is 0. The van der Waals surface area contributed by atoms with Crippen molar-refractivity contribution in [2.45, 2.75) is 52.1 Å². The van der Waals surface area contributed by atoms with Crippen molar-refractivity contribution < 1.29 is 4.79 Å². The highest BCUT2D eigenvalue weighted by molar-refractivity contribution is 5.92. The Balaban J connectivity index is 1.96. The summed E-state index contributed by atoms with van der Waals surface area (Å²) >= 11 is 0. The van der Waals surface area contributed by atoms with Crippen LogP contribution in [0, 0.1) is 6.92 Å². The van der Waals surface area contributed by atoms with Crippen LogP contribution in [0.5, 0.6) is 0 Å². The van der Waals surface area contributed by atoms with Crippen molar-refractivity contribution in [1.82, 2.24) is 4.90 Å². The number of benzene rings is 1. The highest BCUT2D eigenvalue weighted by Crippen LogP contribution is 2.22. The zero-order valence-corrected chi connectivity index (χ0v) is 12.6. The summed E-state index contributed by atoms with van der Waals surface area (Å²) in [4.78, 5) is 14.5. The number of nitrogens with zero attached hydrogens (tertiary/aromatic N) is 1. The van der Waals surface area contributed by atoms with E-state index in [9.17, 15) is 4.79 Å². The number of rotatable bonds is 3. The van der Waals surface area contributed by atoms with Crippen LogP contribution in [0.1, 0.15) is 38.7 Å². The van der Waals surface area contributed by atoms with Crippen LogP contribution in [-0.4, -0.2) is 29.4 Å². The molecule has 0 bridgehead atoms. The van der Waals surface area contributed by atoms with Crippen LogP contribution in [0.3, 0.4) is 0 Å². The maximum absolute atomic E-state index is 12.2. The largest absolute Gasteiger partial charge is 0.398 e. The van der Waals surface area contributed by atoms with Gasteiger partial charge in [0.2, 0.25) is 5.91 Å². The number of carbonyl (C=O) groups is 1. The third-order valence-electron chi connectivity index (χ3n) is 4.27. The van der Waals surface area contributed by atoms with Crippen LogP contribution in [0.4, 0.5) is 11.4 Å². The second-order valence-electron chi connectivity index (χ2n) is 5.92. The monoisotopic (exact) mass is 275 g/mol. The van der Waals surface area contributed by atoms with Gasteiger partial charge in [-0.05, 0) is 51.3 Å². The average Bonchev–Trinajstić information content (AvgIpc) is 2.38. The van der Waals surface area contributed by atoms with Gasteiger partial charge in [0.1, 0.15) is 0 Å². The van der Waals surface area contributed by atoms with E-state index >= 15 is 0 Å². The Morgan fingerprint density at radius 3 is 2.60 bits per heavy atom. The lowest BCUT2D eigenvalue weighted by Crippen LogP contribution is -2.47. The Labute approximate surface area is 121 Å². The molecule has 1 aliphatic rings. The van der Waals surface area contributed by atoms with Gasteiger partial charge >= 0.3 is 0 Å². The zero-order chi connectivity index (χ0) is 14.7. The highest BCUT2D eigenvalue weighted by atomic mass is 16.2. The molecule has 1 heterocycles. The molecular formula is C16H25N3O. The smallest absolute Gasteiger partial charge is 0.238 e. The van der Waals surface area contributed by atoms with Crippen molar-refractivity contribution in [3.63, 3.8) is 0 Å². The Morgan fingerprint density at radius 1 is 1.35 bits per heavy atom. The number of piperidine rings is 1. The molecule has 20 heavy (non-hydrogen) atoms. The van der Waals surface area contributed by atoms with Gasteiger partial charge < -0.3 is 11.1 Å². The van der Waals surface area contributed by atoms with Gasteiger partial charge in [0.25, 0.3) is 0 Å². The fourth-order valence-electron chi connectivity index (χ4n) is 2.87. The van der Waals surface area contributed by atoms with Crippen molar-refractivity contribution in [2.75, 3.05) is 17.6 Å². The van der Waals surface area contributed by atoms with Crippen LogP contribution in [-0.2, 0) is 4.79 Å². The van der Waals surface area contributed by atoms with E-state index in [0.29, 0.717) is 24.3 Å². The molecule has 2 atom stereocenters. The number of aryl methyl sites for hydroxylation is 1. The summed E-state index contributed by atoms with van der Waals surface area (Å²) in [5, 5.41) is 2.94. The van der Waals surface area contributed by atoms with Crippen LogP contribution in [0.2, 0.25) is 0 Å². The molecule has 0 unspecified atom stereocenters. The van der Waals surface area contributed by atoms with Gasteiger partial charge in [-0.15, -0.1) is 0 Å². The first-order valence-corrected chi connectivity index (χ1v) is 7.39. The van der Waals surface area contributed by atoms with Crippen molar-refractivity contribution in [1.29, 1.82) is 0 Å². The molecule has 3 N–H and O–H groups in total. The van der Waals surface area contributed by atoms with Crippen LogP contribution in [0.15, 0.2) is 18.2 Å². The summed E-state index contributed by atoms with van der Waals surface area (Å²) in [6, 6.07) is 6.60. The van der Waals surface area contributed by atoms with Crippen LogP contribution < -0.4 is 11.1 Å². The standard InChI is InChI=1S/C16H25N3O/c1-11-7-8-14(9-15(11)17)18-16(20)10-19-12(2)5-4-6-13(19)3/h7-9,12-13H,4-6,10,17H2,1-3H3,(H,18,20)/t12-,13+. The Hall–Kier alpha value is -1.55. The molecule has 1 aliphatic heterocycles. The molecule has 1 aromatic rings. The molecule has 110 valence electrons. The Bertz CT molecular complexity index is 477. The lowest BCUT2D eigenvalue weighted by molar-refractivity contribution is -0.118. The van der Waals surface area contributed by atoms with Crippen LogP contribution >= 0.6 is 0 Å². The van der Waals surface area contributed by atoms with E-state index in [1.165, 1.54) is 19.3 Å². The molecule has 2 rings (SSSR count). The Morgan fingerprint density at radius 2 is 2.00 bits per heavy atom. The second-order valence-corrected chi connectivity index (χ2v) is 5.92. The fraction of sp³-hybridized carbons (Fsp3) is 0.562. The van der Waals surface area contributed by atoms with E-state index in [1.807, 2.05) is 25.1 Å². The van der Waals surface area contributed by atoms with Gasteiger partial charge in [0, 0.05) is 23.5 Å². The molecule has 0 aliphatic carbocycles. The van der Waals surface area contributed by atoms with Crippen molar-refractivity contribution in [3.05, 3.63) is 23.8 Å². The molecule has 1 amide bonds. The summed E-state index contributed by atoms with van der Waals surface area (Å²) in [6.45, 7) is 6.81. The lowest BCUT2D eigenvalue weighted by atomic mass is 9.97. The number of amides is 1. The van der Waals surface area contributed by atoms with Gasteiger partial charge in [-0.3, -0.25) is 9.69 Å². The molecule has 4 nitrogen and oxygen atoms in total. The minimum atomic E-state index is 0.0360. The SMILES string of the molecule is Cc1ccc(NC(=O)CN2[C@H](C)CCC[C@@H]2C)cc1N. The molecule has 0 aromatic heterocycles. The predicted molar refractivity (Wildman–Crippen MR) is 83.7 cm³/mol. The summed E-state index contributed by atoms with van der Waals surface area (Å²) in [6.07, 6.45) is 3.61. The maximum atomic E-state index is 12.2. The normalized spacial score (nSPS) is 23.6.